The summed E-state index contributed by atoms with van der Waals surface area (Å²) in [5.41, 5.74) is 6.46. The highest BCUT2D eigenvalue weighted by Crippen LogP contribution is 2.24. The molecule has 0 aliphatic carbocycles. The lowest BCUT2D eigenvalue weighted by Crippen LogP contribution is -2.21. The molecule has 84 valence electrons. The lowest BCUT2D eigenvalue weighted by molar-refractivity contribution is 0.160. The van der Waals surface area contributed by atoms with Crippen LogP contribution in [0.1, 0.15) is 11.7 Å². The van der Waals surface area contributed by atoms with Gasteiger partial charge in [-0.05, 0) is 12.6 Å². The van der Waals surface area contributed by atoms with E-state index >= 15 is 0 Å². The van der Waals surface area contributed by atoms with Crippen molar-refractivity contribution < 1.29 is 9.84 Å². The highest BCUT2D eigenvalue weighted by atomic mass is 16.5. The minimum atomic E-state index is 0.150. The Labute approximate surface area is 88.8 Å². The molecule has 0 amide bonds. The van der Waals surface area contributed by atoms with Gasteiger partial charge in [0.1, 0.15) is 0 Å². The van der Waals surface area contributed by atoms with E-state index in [0.717, 1.165) is 12.1 Å². The Morgan fingerprint density at radius 1 is 1.60 bits per heavy atom. The Morgan fingerprint density at radius 3 is 3.20 bits per heavy atom. The first-order chi connectivity index (χ1) is 7.35. The summed E-state index contributed by atoms with van der Waals surface area (Å²) in [7, 11) is 0. The van der Waals surface area contributed by atoms with E-state index in [1.165, 1.54) is 0 Å². The molecular formula is C10H17N3O2. The standard InChI is InChI=1S/C10H17N3O2/c11-3-1-9-2-4-13(12-9)10-7-15-6-8(10)5-14/h2,4,8,10,14H,1,3,5-7,11H2. The largest absolute Gasteiger partial charge is 0.396 e. The first-order valence-corrected chi connectivity index (χ1v) is 5.28. The topological polar surface area (TPSA) is 73.3 Å². The quantitative estimate of drug-likeness (QED) is 0.708. The van der Waals surface area contributed by atoms with E-state index in [4.69, 9.17) is 15.6 Å². The molecule has 0 saturated carbocycles. The number of ether oxygens (including phenoxy) is 1. The van der Waals surface area contributed by atoms with Gasteiger partial charge in [-0.1, -0.05) is 0 Å². The third-order valence-electron chi connectivity index (χ3n) is 2.80. The van der Waals surface area contributed by atoms with E-state index in [0.29, 0.717) is 19.8 Å². The number of nitrogens with zero attached hydrogens (tertiary/aromatic N) is 2. The molecule has 2 rings (SSSR count). The van der Waals surface area contributed by atoms with Crippen LogP contribution in [0.4, 0.5) is 0 Å². The Kier molecular flexibility index (Phi) is 3.35. The minimum absolute atomic E-state index is 0.150. The zero-order valence-electron chi connectivity index (χ0n) is 8.67. The fourth-order valence-electron chi connectivity index (χ4n) is 1.90. The van der Waals surface area contributed by atoms with Gasteiger partial charge in [-0.3, -0.25) is 4.68 Å². The highest BCUT2D eigenvalue weighted by Gasteiger charge is 2.29. The summed E-state index contributed by atoms with van der Waals surface area (Å²) < 4.78 is 7.23. The summed E-state index contributed by atoms with van der Waals surface area (Å²) in [6.07, 6.45) is 2.73. The Hall–Kier alpha value is -0.910. The van der Waals surface area contributed by atoms with Crippen LogP contribution in [0.15, 0.2) is 12.3 Å². The maximum absolute atomic E-state index is 9.17. The van der Waals surface area contributed by atoms with Gasteiger partial charge in [-0.25, -0.2) is 0 Å². The van der Waals surface area contributed by atoms with E-state index in [-0.39, 0.29) is 18.6 Å². The van der Waals surface area contributed by atoms with Gasteiger partial charge in [0.25, 0.3) is 0 Å². The van der Waals surface area contributed by atoms with E-state index in [9.17, 15) is 0 Å². The summed E-state index contributed by atoms with van der Waals surface area (Å²) in [5, 5.41) is 13.6. The number of hydrogen-bond donors (Lipinski definition) is 2. The van der Waals surface area contributed by atoms with E-state index in [1.807, 2.05) is 16.9 Å². The molecular weight excluding hydrogens is 194 g/mol. The number of nitrogens with two attached hydrogens (primary N) is 1. The summed E-state index contributed by atoms with van der Waals surface area (Å²) in [5.74, 6) is 0.163. The predicted molar refractivity (Wildman–Crippen MR) is 55.4 cm³/mol. The second-order valence-electron chi connectivity index (χ2n) is 3.87. The minimum Gasteiger partial charge on any atom is -0.396 e. The Bertz CT molecular complexity index is 313. The summed E-state index contributed by atoms with van der Waals surface area (Å²) >= 11 is 0. The van der Waals surface area contributed by atoms with Crippen LogP contribution < -0.4 is 5.73 Å². The monoisotopic (exact) mass is 211 g/mol. The van der Waals surface area contributed by atoms with Gasteiger partial charge in [-0.15, -0.1) is 0 Å². The van der Waals surface area contributed by atoms with Gasteiger partial charge in [0, 0.05) is 18.5 Å². The highest BCUT2D eigenvalue weighted by molar-refractivity contribution is 5.01. The average molecular weight is 211 g/mol. The number of rotatable bonds is 4. The first kappa shape index (κ1) is 10.6. The van der Waals surface area contributed by atoms with Crippen molar-refractivity contribution in [3.8, 4) is 0 Å². The van der Waals surface area contributed by atoms with Crippen molar-refractivity contribution in [2.24, 2.45) is 11.7 Å². The number of aliphatic hydroxyl groups excluding tert-OH is 1. The number of hydrogen-bond acceptors (Lipinski definition) is 4. The zero-order valence-corrected chi connectivity index (χ0v) is 8.67. The number of aliphatic hydroxyl groups is 1. The SMILES string of the molecule is NCCc1ccn(C2COCC2CO)n1. The van der Waals surface area contributed by atoms with Crippen molar-refractivity contribution in [3.63, 3.8) is 0 Å². The maximum Gasteiger partial charge on any atom is 0.0824 e. The van der Waals surface area contributed by atoms with Crippen LogP contribution in [-0.2, 0) is 11.2 Å². The molecule has 3 N–H and O–H groups in total. The van der Waals surface area contributed by atoms with Gasteiger partial charge in [0.15, 0.2) is 0 Å². The van der Waals surface area contributed by atoms with Crippen LogP contribution in [0.25, 0.3) is 0 Å². The molecule has 1 aromatic rings. The molecule has 0 aromatic carbocycles. The van der Waals surface area contributed by atoms with Crippen molar-refractivity contribution in [2.45, 2.75) is 12.5 Å². The maximum atomic E-state index is 9.17. The molecule has 15 heavy (non-hydrogen) atoms. The molecule has 1 saturated heterocycles. The van der Waals surface area contributed by atoms with Crippen molar-refractivity contribution in [3.05, 3.63) is 18.0 Å². The van der Waals surface area contributed by atoms with E-state index in [2.05, 4.69) is 5.10 Å². The van der Waals surface area contributed by atoms with Crippen LogP contribution in [0.5, 0.6) is 0 Å². The van der Waals surface area contributed by atoms with Gasteiger partial charge in [0.2, 0.25) is 0 Å². The van der Waals surface area contributed by atoms with Crippen LogP contribution in [0, 0.1) is 5.92 Å². The third kappa shape index (κ3) is 2.19. The van der Waals surface area contributed by atoms with Crippen LogP contribution >= 0.6 is 0 Å². The lowest BCUT2D eigenvalue weighted by atomic mass is 10.1. The summed E-state index contributed by atoms with van der Waals surface area (Å²) in [4.78, 5) is 0. The molecule has 1 aliphatic heterocycles. The molecule has 5 heteroatoms. The molecule has 2 heterocycles. The molecule has 1 aliphatic rings. The fraction of sp³-hybridized carbons (Fsp3) is 0.700. The van der Waals surface area contributed by atoms with Gasteiger partial charge in [-0.2, -0.15) is 5.10 Å². The van der Waals surface area contributed by atoms with Crippen molar-refractivity contribution in [1.82, 2.24) is 9.78 Å². The number of aromatic nitrogens is 2. The molecule has 0 spiro atoms. The fourth-order valence-corrected chi connectivity index (χ4v) is 1.90. The van der Waals surface area contributed by atoms with Crippen molar-refractivity contribution >= 4 is 0 Å². The summed E-state index contributed by atoms with van der Waals surface area (Å²) in [6.45, 7) is 2.01. The molecule has 2 atom stereocenters. The second kappa shape index (κ2) is 4.74. The predicted octanol–water partition coefficient (Wildman–Crippen LogP) is -0.436. The second-order valence-corrected chi connectivity index (χ2v) is 3.87. The van der Waals surface area contributed by atoms with Crippen LogP contribution in [-0.4, -0.2) is 41.3 Å². The van der Waals surface area contributed by atoms with Gasteiger partial charge in [0.05, 0.1) is 31.6 Å². The average Bonchev–Trinajstić information content (AvgIpc) is 2.84. The molecule has 2 unspecified atom stereocenters. The third-order valence-corrected chi connectivity index (χ3v) is 2.80. The lowest BCUT2D eigenvalue weighted by Gasteiger charge is -2.15. The van der Waals surface area contributed by atoms with Crippen LogP contribution in [0.3, 0.4) is 0 Å². The van der Waals surface area contributed by atoms with E-state index < -0.39 is 0 Å². The van der Waals surface area contributed by atoms with Gasteiger partial charge < -0.3 is 15.6 Å². The van der Waals surface area contributed by atoms with Crippen molar-refractivity contribution in [2.75, 3.05) is 26.4 Å². The smallest absolute Gasteiger partial charge is 0.0824 e. The normalized spacial score (nSPS) is 26.0. The summed E-state index contributed by atoms with van der Waals surface area (Å²) in [6, 6.07) is 2.14. The Morgan fingerprint density at radius 2 is 2.47 bits per heavy atom. The first-order valence-electron chi connectivity index (χ1n) is 5.28. The van der Waals surface area contributed by atoms with Crippen molar-refractivity contribution in [1.29, 1.82) is 0 Å². The molecule has 0 radical (unpaired) electrons. The van der Waals surface area contributed by atoms with Gasteiger partial charge >= 0.3 is 0 Å². The van der Waals surface area contributed by atoms with E-state index in [1.54, 1.807) is 0 Å². The molecule has 1 fully saturated rings. The molecule has 0 bridgehead atoms. The Balaban J connectivity index is 2.07. The van der Waals surface area contributed by atoms with Crippen LogP contribution in [0.2, 0.25) is 0 Å². The molecule has 1 aromatic heterocycles. The molecule has 5 nitrogen and oxygen atoms in total. The zero-order chi connectivity index (χ0) is 10.7.